The highest BCUT2D eigenvalue weighted by Crippen LogP contribution is 2.19. The lowest BCUT2D eigenvalue weighted by Gasteiger charge is -2.20. The van der Waals surface area contributed by atoms with Crippen LogP contribution in [0, 0.1) is 0 Å². The normalized spacial score (nSPS) is 11.4. The summed E-state index contributed by atoms with van der Waals surface area (Å²) in [7, 11) is 0. The molecule has 106 valence electrons. The summed E-state index contributed by atoms with van der Waals surface area (Å²) in [6.07, 6.45) is 6.57. The Morgan fingerprint density at radius 2 is 1.85 bits per heavy atom. The highest BCUT2D eigenvalue weighted by atomic mass is 35.5. The zero-order valence-corrected chi connectivity index (χ0v) is 12.5. The second kappa shape index (κ2) is 6.15. The standard InChI is InChI=1S/C14H17ClN4O/c1-14(2,3)19-7-10-5-17-13(18-6-10)20-12-4-11(15)8-16-9-12/h4-6,8-9,19H,7H2,1-3H3. The number of pyridine rings is 1. The molecule has 0 saturated carbocycles. The summed E-state index contributed by atoms with van der Waals surface area (Å²) in [6.45, 7) is 7.04. The fourth-order valence-corrected chi connectivity index (χ4v) is 1.57. The summed E-state index contributed by atoms with van der Waals surface area (Å²) < 4.78 is 5.47. The van der Waals surface area contributed by atoms with E-state index in [0.29, 0.717) is 17.3 Å². The number of ether oxygens (including phenoxy) is 1. The van der Waals surface area contributed by atoms with E-state index >= 15 is 0 Å². The molecule has 2 aromatic rings. The van der Waals surface area contributed by atoms with E-state index in [0.717, 1.165) is 5.56 Å². The molecule has 0 aliphatic carbocycles. The van der Waals surface area contributed by atoms with Gasteiger partial charge in [-0.05, 0) is 20.8 Å². The van der Waals surface area contributed by atoms with Crippen molar-refractivity contribution in [1.29, 1.82) is 0 Å². The molecular formula is C14H17ClN4O. The van der Waals surface area contributed by atoms with Crippen LogP contribution < -0.4 is 10.1 Å². The lowest BCUT2D eigenvalue weighted by atomic mass is 10.1. The summed E-state index contributed by atoms with van der Waals surface area (Å²) in [4.78, 5) is 12.3. The number of hydrogen-bond acceptors (Lipinski definition) is 5. The molecule has 0 bridgehead atoms. The van der Waals surface area contributed by atoms with E-state index in [1.165, 1.54) is 6.20 Å². The summed E-state index contributed by atoms with van der Waals surface area (Å²) in [6, 6.07) is 1.93. The van der Waals surface area contributed by atoms with Crippen molar-refractivity contribution in [1.82, 2.24) is 20.3 Å². The van der Waals surface area contributed by atoms with Crippen LogP contribution in [-0.4, -0.2) is 20.5 Å². The molecule has 20 heavy (non-hydrogen) atoms. The first kappa shape index (κ1) is 14.7. The molecule has 0 fully saturated rings. The number of hydrogen-bond donors (Lipinski definition) is 1. The zero-order valence-electron chi connectivity index (χ0n) is 11.7. The first-order valence-electron chi connectivity index (χ1n) is 6.27. The van der Waals surface area contributed by atoms with Gasteiger partial charge >= 0.3 is 6.01 Å². The number of nitrogens with zero attached hydrogens (tertiary/aromatic N) is 3. The minimum atomic E-state index is 0.0572. The van der Waals surface area contributed by atoms with Gasteiger partial charge in [0.2, 0.25) is 0 Å². The van der Waals surface area contributed by atoms with Gasteiger partial charge in [0.1, 0.15) is 0 Å². The number of halogens is 1. The minimum absolute atomic E-state index is 0.0572. The summed E-state index contributed by atoms with van der Waals surface area (Å²) >= 11 is 5.83. The van der Waals surface area contributed by atoms with E-state index in [-0.39, 0.29) is 11.5 Å². The maximum Gasteiger partial charge on any atom is 0.321 e. The molecule has 2 aromatic heterocycles. The monoisotopic (exact) mass is 292 g/mol. The van der Waals surface area contributed by atoms with Gasteiger partial charge in [-0.3, -0.25) is 4.98 Å². The molecule has 0 unspecified atom stereocenters. The molecule has 1 N–H and O–H groups in total. The van der Waals surface area contributed by atoms with Crippen LogP contribution in [0.2, 0.25) is 5.02 Å². The Hall–Kier alpha value is -1.72. The molecule has 0 spiro atoms. The predicted octanol–water partition coefficient (Wildman–Crippen LogP) is 3.21. The first-order chi connectivity index (χ1) is 9.42. The van der Waals surface area contributed by atoms with Crippen molar-refractivity contribution in [2.75, 3.05) is 0 Å². The van der Waals surface area contributed by atoms with E-state index in [1.807, 2.05) is 0 Å². The van der Waals surface area contributed by atoms with Gasteiger partial charge in [0, 0.05) is 42.3 Å². The van der Waals surface area contributed by atoms with Crippen LogP contribution in [0.25, 0.3) is 0 Å². The average Bonchev–Trinajstić information content (AvgIpc) is 2.37. The molecule has 2 heterocycles. The lowest BCUT2D eigenvalue weighted by Crippen LogP contribution is -2.35. The van der Waals surface area contributed by atoms with E-state index in [2.05, 4.69) is 41.0 Å². The van der Waals surface area contributed by atoms with Gasteiger partial charge in [-0.25, -0.2) is 9.97 Å². The van der Waals surface area contributed by atoms with E-state index in [1.54, 1.807) is 24.7 Å². The van der Waals surface area contributed by atoms with E-state index < -0.39 is 0 Å². The highest BCUT2D eigenvalue weighted by molar-refractivity contribution is 6.30. The van der Waals surface area contributed by atoms with Crippen LogP contribution in [-0.2, 0) is 6.54 Å². The molecule has 0 radical (unpaired) electrons. The van der Waals surface area contributed by atoms with Crippen molar-refractivity contribution in [3.05, 3.63) is 41.4 Å². The summed E-state index contributed by atoms with van der Waals surface area (Å²) in [5.41, 5.74) is 1.05. The molecule has 0 aliphatic heterocycles. The molecule has 0 aliphatic rings. The quantitative estimate of drug-likeness (QED) is 0.937. The molecule has 5 nitrogen and oxygen atoms in total. The number of rotatable bonds is 4. The highest BCUT2D eigenvalue weighted by Gasteiger charge is 2.09. The maximum absolute atomic E-state index is 5.83. The molecule has 0 atom stereocenters. The predicted molar refractivity (Wildman–Crippen MR) is 77.9 cm³/mol. The van der Waals surface area contributed by atoms with Gasteiger partial charge in [-0.1, -0.05) is 11.6 Å². The van der Waals surface area contributed by atoms with Crippen molar-refractivity contribution in [2.45, 2.75) is 32.9 Å². The largest absolute Gasteiger partial charge is 0.423 e. The van der Waals surface area contributed by atoms with Crippen LogP contribution in [0.4, 0.5) is 0 Å². The third kappa shape index (κ3) is 4.75. The van der Waals surface area contributed by atoms with E-state index in [9.17, 15) is 0 Å². The van der Waals surface area contributed by atoms with Crippen molar-refractivity contribution in [3.8, 4) is 11.8 Å². The van der Waals surface area contributed by atoms with Crippen molar-refractivity contribution in [2.24, 2.45) is 0 Å². The Morgan fingerprint density at radius 1 is 1.15 bits per heavy atom. The SMILES string of the molecule is CC(C)(C)NCc1cnc(Oc2cncc(Cl)c2)nc1. The third-order valence-electron chi connectivity index (χ3n) is 2.39. The van der Waals surface area contributed by atoms with Gasteiger partial charge in [0.25, 0.3) is 0 Å². The maximum atomic E-state index is 5.83. The third-order valence-corrected chi connectivity index (χ3v) is 2.60. The Labute approximate surface area is 123 Å². The average molecular weight is 293 g/mol. The van der Waals surface area contributed by atoms with Gasteiger partial charge in [-0.15, -0.1) is 0 Å². The molecule has 0 aromatic carbocycles. The smallest absolute Gasteiger partial charge is 0.321 e. The molecular weight excluding hydrogens is 276 g/mol. The lowest BCUT2D eigenvalue weighted by molar-refractivity contribution is 0.419. The fourth-order valence-electron chi connectivity index (χ4n) is 1.41. The van der Waals surface area contributed by atoms with Crippen LogP contribution in [0.1, 0.15) is 26.3 Å². The van der Waals surface area contributed by atoms with E-state index in [4.69, 9.17) is 16.3 Å². The van der Waals surface area contributed by atoms with Crippen LogP contribution in [0.3, 0.4) is 0 Å². The van der Waals surface area contributed by atoms with Crippen LogP contribution in [0.5, 0.6) is 11.8 Å². The fraction of sp³-hybridized carbons (Fsp3) is 0.357. The van der Waals surface area contributed by atoms with Gasteiger partial charge in [-0.2, -0.15) is 0 Å². The second-order valence-electron chi connectivity index (χ2n) is 5.42. The minimum Gasteiger partial charge on any atom is -0.423 e. The van der Waals surface area contributed by atoms with Crippen LogP contribution in [0.15, 0.2) is 30.9 Å². The zero-order chi connectivity index (χ0) is 14.6. The van der Waals surface area contributed by atoms with Gasteiger partial charge in [0.15, 0.2) is 5.75 Å². The topological polar surface area (TPSA) is 59.9 Å². The Kier molecular flexibility index (Phi) is 4.52. The van der Waals surface area contributed by atoms with Crippen molar-refractivity contribution in [3.63, 3.8) is 0 Å². The van der Waals surface area contributed by atoms with Crippen molar-refractivity contribution < 1.29 is 4.74 Å². The summed E-state index contributed by atoms with van der Waals surface area (Å²) in [5, 5.41) is 3.87. The van der Waals surface area contributed by atoms with Crippen LogP contribution >= 0.6 is 11.6 Å². The first-order valence-corrected chi connectivity index (χ1v) is 6.64. The molecule has 0 amide bonds. The van der Waals surface area contributed by atoms with Crippen molar-refractivity contribution >= 4 is 11.6 Å². The Morgan fingerprint density at radius 3 is 2.45 bits per heavy atom. The molecule has 6 heteroatoms. The second-order valence-corrected chi connectivity index (χ2v) is 5.85. The van der Waals surface area contributed by atoms with Gasteiger partial charge in [0.05, 0.1) is 11.2 Å². The summed E-state index contributed by atoms with van der Waals surface area (Å²) in [5.74, 6) is 0.512. The molecule has 2 rings (SSSR count). The Bertz CT molecular complexity index is 566. The Balaban J connectivity index is 1.98. The number of nitrogens with one attached hydrogen (secondary N) is 1. The molecule has 0 saturated heterocycles. The van der Waals surface area contributed by atoms with Gasteiger partial charge < -0.3 is 10.1 Å². The number of aromatic nitrogens is 3.